The summed E-state index contributed by atoms with van der Waals surface area (Å²) in [5.41, 5.74) is 2.63. The number of hydrogen-bond acceptors (Lipinski definition) is 4. The van der Waals surface area contributed by atoms with Gasteiger partial charge in [0.05, 0.1) is 24.5 Å². The van der Waals surface area contributed by atoms with Gasteiger partial charge in [-0.15, -0.1) is 0 Å². The van der Waals surface area contributed by atoms with Crippen molar-refractivity contribution in [3.05, 3.63) is 53.9 Å². The van der Waals surface area contributed by atoms with E-state index >= 15 is 0 Å². The summed E-state index contributed by atoms with van der Waals surface area (Å²) in [5, 5.41) is 2.80. The number of ether oxygens (including phenoxy) is 1. The van der Waals surface area contributed by atoms with E-state index in [0.29, 0.717) is 18.8 Å². The van der Waals surface area contributed by atoms with Crippen LogP contribution in [0.1, 0.15) is 31.0 Å². The van der Waals surface area contributed by atoms with E-state index in [1.54, 1.807) is 11.1 Å². The maximum absolute atomic E-state index is 12.7. The normalized spacial score (nSPS) is 15.8. The summed E-state index contributed by atoms with van der Waals surface area (Å²) in [6.45, 7) is 4.77. The fourth-order valence-corrected chi connectivity index (χ4v) is 2.92. The van der Waals surface area contributed by atoms with Crippen molar-refractivity contribution in [1.29, 1.82) is 0 Å². The molecular formula is C20H23N3O3. The molecule has 1 aromatic carbocycles. The number of benzene rings is 1. The van der Waals surface area contributed by atoms with Crippen LogP contribution in [0.3, 0.4) is 0 Å². The van der Waals surface area contributed by atoms with Gasteiger partial charge in [0.15, 0.2) is 0 Å². The lowest BCUT2D eigenvalue weighted by Crippen LogP contribution is -2.42. The van der Waals surface area contributed by atoms with Crippen LogP contribution in [0.15, 0.2) is 42.6 Å². The molecule has 1 atom stereocenters. The van der Waals surface area contributed by atoms with E-state index in [1.165, 1.54) is 0 Å². The third-order valence-corrected chi connectivity index (χ3v) is 4.23. The number of aromatic nitrogens is 1. The van der Waals surface area contributed by atoms with E-state index in [4.69, 9.17) is 4.74 Å². The SMILES string of the molecule is Cc1ccc2c(c1)N(C(=O)CCC(=O)NCc1ccccn1)CC(C)O2. The molecule has 1 aromatic heterocycles. The smallest absolute Gasteiger partial charge is 0.227 e. The van der Waals surface area contributed by atoms with Crippen LogP contribution < -0.4 is 15.0 Å². The maximum Gasteiger partial charge on any atom is 0.227 e. The van der Waals surface area contributed by atoms with Crippen LogP contribution in [-0.4, -0.2) is 29.4 Å². The fraction of sp³-hybridized carbons (Fsp3) is 0.350. The molecule has 1 aliphatic rings. The van der Waals surface area contributed by atoms with E-state index in [1.807, 2.05) is 50.2 Å². The summed E-state index contributed by atoms with van der Waals surface area (Å²) in [7, 11) is 0. The van der Waals surface area contributed by atoms with E-state index in [2.05, 4.69) is 10.3 Å². The Morgan fingerprint density at radius 3 is 2.88 bits per heavy atom. The topological polar surface area (TPSA) is 71.5 Å². The van der Waals surface area contributed by atoms with Gasteiger partial charge in [0.2, 0.25) is 11.8 Å². The predicted molar refractivity (Wildman–Crippen MR) is 98.9 cm³/mol. The summed E-state index contributed by atoms with van der Waals surface area (Å²) in [6, 6.07) is 11.3. The van der Waals surface area contributed by atoms with Crippen molar-refractivity contribution in [3.8, 4) is 5.75 Å². The minimum atomic E-state index is -0.158. The molecule has 0 saturated carbocycles. The molecule has 1 aliphatic heterocycles. The Morgan fingerprint density at radius 1 is 1.27 bits per heavy atom. The quantitative estimate of drug-likeness (QED) is 0.897. The summed E-state index contributed by atoms with van der Waals surface area (Å²) < 4.78 is 5.80. The molecule has 0 bridgehead atoms. The fourth-order valence-electron chi connectivity index (χ4n) is 2.92. The van der Waals surface area contributed by atoms with Gasteiger partial charge in [-0.1, -0.05) is 12.1 Å². The van der Waals surface area contributed by atoms with Crippen LogP contribution >= 0.6 is 0 Å². The van der Waals surface area contributed by atoms with Crippen LogP contribution in [0.2, 0.25) is 0 Å². The highest BCUT2D eigenvalue weighted by Crippen LogP contribution is 2.34. The molecule has 26 heavy (non-hydrogen) atoms. The van der Waals surface area contributed by atoms with Crippen LogP contribution in [0.5, 0.6) is 5.75 Å². The molecule has 0 spiro atoms. The van der Waals surface area contributed by atoms with Crippen molar-refractivity contribution in [1.82, 2.24) is 10.3 Å². The zero-order valence-electron chi connectivity index (χ0n) is 15.1. The second kappa shape index (κ2) is 7.99. The molecule has 0 aliphatic carbocycles. The largest absolute Gasteiger partial charge is 0.487 e. The van der Waals surface area contributed by atoms with Crippen molar-refractivity contribution >= 4 is 17.5 Å². The summed E-state index contributed by atoms with van der Waals surface area (Å²) in [4.78, 5) is 30.6. The molecule has 0 radical (unpaired) electrons. The highest BCUT2D eigenvalue weighted by molar-refractivity contribution is 5.97. The van der Waals surface area contributed by atoms with E-state index in [0.717, 1.165) is 16.9 Å². The first-order valence-corrected chi connectivity index (χ1v) is 8.77. The molecule has 1 N–H and O–H groups in total. The third-order valence-electron chi connectivity index (χ3n) is 4.23. The number of pyridine rings is 1. The number of nitrogens with one attached hydrogen (secondary N) is 1. The van der Waals surface area contributed by atoms with Crippen molar-refractivity contribution in [2.75, 3.05) is 11.4 Å². The van der Waals surface area contributed by atoms with E-state index < -0.39 is 0 Å². The third kappa shape index (κ3) is 4.39. The Kier molecular flexibility index (Phi) is 5.51. The predicted octanol–water partition coefficient (Wildman–Crippen LogP) is 2.60. The molecule has 136 valence electrons. The lowest BCUT2D eigenvalue weighted by atomic mass is 10.1. The van der Waals surface area contributed by atoms with Crippen molar-refractivity contribution < 1.29 is 14.3 Å². The minimum Gasteiger partial charge on any atom is -0.487 e. The molecule has 0 fully saturated rings. The molecule has 2 amide bonds. The number of amides is 2. The molecule has 6 heteroatoms. The molecular weight excluding hydrogens is 330 g/mol. The maximum atomic E-state index is 12.7. The van der Waals surface area contributed by atoms with E-state index in [9.17, 15) is 9.59 Å². The summed E-state index contributed by atoms with van der Waals surface area (Å²) in [6.07, 6.45) is 1.92. The summed E-state index contributed by atoms with van der Waals surface area (Å²) >= 11 is 0. The number of hydrogen-bond donors (Lipinski definition) is 1. The van der Waals surface area contributed by atoms with Crippen LogP contribution in [0.25, 0.3) is 0 Å². The number of carbonyl (C=O) groups is 2. The number of anilines is 1. The second-order valence-corrected chi connectivity index (χ2v) is 6.50. The van der Waals surface area contributed by atoms with Crippen molar-refractivity contribution in [2.45, 2.75) is 39.3 Å². The molecule has 1 unspecified atom stereocenters. The Hall–Kier alpha value is -2.89. The first kappa shape index (κ1) is 17.9. The first-order chi connectivity index (χ1) is 12.5. The number of nitrogens with zero attached hydrogens (tertiary/aromatic N) is 2. The number of fused-ring (bicyclic) bond motifs is 1. The molecule has 2 aromatic rings. The molecule has 2 heterocycles. The first-order valence-electron chi connectivity index (χ1n) is 8.77. The van der Waals surface area contributed by atoms with Gasteiger partial charge < -0.3 is 15.0 Å². The summed E-state index contributed by atoms with van der Waals surface area (Å²) in [5.74, 6) is 0.483. The Morgan fingerprint density at radius 2 is 2.12 bits per heavy atom. The zero-order valence-corrected chi connectivity index (χ0v) is 15.1. The molecule has 6 nitrogen and oxygen atoms in total. The average molecular weight is 353 g/mol. The second-order valence-electron chi connectivity index (χ2n) is 6.50. The number of carbonyl (C=O) groups excluding carboxylic acids is 2. The highest BCUT2D eigenvalue weighted by atomic mass is 16.5. The minimum absolute atomic E-state index is 0.0695. The van der Waals surface area contributed by atoms with Crippen molar-refractivity contribution in [3.63, 3.8) is 0 Å². The Bertz CT molecular complexity index is 792. The van der Waals surface area contributed by atoms with Gasteiger partial charge in [0, 0.05) is 19.0 Å². The molecule has 0 saturated heterocycles. The monoisotopic (exact) mass is 353 g/mol. The van der Waals surface area contributed by atoms with Crippen LogP contribution in [0, 0.1) is 6.92 Å². The van der Waals surface area contributed by atoms with Crippen LogP contribution in [0.4, 0.5) is 5.69 Å². The molecule has 3 rings (SSSR count). The van der Waals surface area contributed by atoms with Gasteiger partial charge in [-0.2, -0.15) is 0 Å². The zero-order chi connectivity index (χ0) is 18.5. The number of rotatable bonds is 5. The van der Waals surface area contributed by atoms with Gasteiger partial charge in [-0.25, -0.2) is 0 Å². The van der Waals surface area contributed by atoms with Gasteiger partial charge in [0.25, 0.3) is 0 Å². The van der Waals surface area contributed by atoms with Gasteiger partial charge in [-0.3, -0.25) is 14.6 Å². The number of aryl methyl sites for hydroxylation is 1. The van der Waals surface area contributed by atoms with Gasteiger partial charge in [0.1, 0.15) is 11.9 Å². The Balaban J connectivity index is 1.56. The standard InChI is InChI=1S/C20H23N3O3/c1-14-6-7-18-17(11-14)23(13-15(2)26-18)20(25)9-8-19(24)22-12-16-5-3-4-10-21-16/h3-7,10-11,15H,8-9,12-13H2,1-2H3,(H,22,24). The highest BCUT2D eigenvalue weighted by Gasteiger charge is 2.27. The van der Waals surface area contributed by atoms with Gasteiger partial charge in [-0.05, 0) is 43.7 Å². The lowest BCUT2D eigenvalue weighted by molar-refractivity contribution is -0.125. The average Bonchev–Trinajstić information content (AvgIpc) is 2.65. The van der Waals surface area contributed by atoms with Gasteiger partial charge >= 0.3 is 0 Å². The van der Waals surface area contributed by atoms with E-state index in [-0.39, 0.29) is 30.8 Å². The lowest BCUT2D eigenvalue weighted by Gasteiger charge is -2.33. The van der Waals surface area contributed by atoms with Crippen LogP contribution in [-0.2, 0) is 16.1 Å². The van der Waals surface area contributed by atoms with Crippen molar-refractivity contribution in [2.24, 2.45) is 0 Å². The Labute approximate surface area is 153 Å².